The number of aromatic nitrogens is 3. The Hall–Kier alpha value is -3.36. The highest BCUT2D eigenvalue weighted by Crippen LogP contribution is 2.30. The lowest BCUT2D eigenvalue weighted by Crippen LogP contribution is -2.46. The predicted octanol–water partition coefficient (Wildman–Crippen LogP) is 2.85. The Balaban J connectivity index is 1.35. The largest absolute Gasteiger partial charge is 0.479 e. The number of ether oxygens (including phenoxy) is 1. The van der Waals surface area contributed by atoms with Gasteiger partial charge in [0.25, 0.3) is 5.91 Å². The maximum Gasteiger partial charge on any atom is 0.287 e. The van der Waals surface area contributed by atoms with Crippen LogP contribution in [0.4, 0.5) is 0 Å². The van der Waals surface area contributed by atoms with Crippen molar-refractivity contribution in [1.82, 2.24) is 25.0 Å². The summed E-state index contributed by atoms with van der Waals surface area (Å²) >= 11 is 0. The van der Waals surface area contributed by atoms with E-state index >= 15 is 0 Å². The third-order valence-electron chi connectivity index (χ3n) is 6.56. The molecule has 0 atom stereocenters. The van der Waals surface area contributed by atoms with Gasteiger partial charge in [-0.3, -0.25) is 9.59 Å². The molecular weight excluding hydrogens is 422 g/mol. The molecular formula is C24H31N5O4. The number of carbonyl (C=O) groups is 2. The number of hydrogen-bond acceptors (Lipinski definition) is 6. The molecule has 1 saturated heterocycles. The molecule has 0 saturated carbocycles. The van der Waals surface area contributed by atoms with Gasteiger partial charge >= 0.3 is 0 Å². The molecule has 176 valence electrons. The summed E-state index contributed by atoms with van der Waals surface area (Å²) in [7, 11) is 3.45. The lowest BCUT2D eigenvalue weighted by molar-refractivity contribution is -0.132. The van der Waals surface area contributed by atoms with E-state index in [1.807, 2.05) is 32.7 Å². The first-order chi connectivity index (χ1) is 15.8. The Kier molecular flexibility index (Phi) is 6.40. The van der Waals surface area contributed by atoms with Crippen LogP contribution in [-0.4, -0.2) is 57.7 Å². The van der Waals surface area contributed by atoms with E-state index in [1.165, 1.54) is 6.26 Å². The molecule has 0 aromatic carbocycles. The first kappa shape index (κ1) is 22.8. The molecule has 1 fully saturated rings. The van der Waals surface area contributed by atoms with E-state index in [4.69, 9.17) is 14.1 Å². The van der Waals surface area contributed by atoms with Crippen molar-refractivity contribution in [3.8, 4) is 5.88 Å². The van der Waals surface area contributed by atoms with Gasteiger partial charge in [-0.25, -0.2) is 9.67 Å². The molecule has 0 unspecified atom stereocenters. The number of amides is 2. The molecule has 3 aromatic rings. The molecule has 1 aliphatic heterocycles. The Morgan fingerprint density at radius 1 is 1.24 bits per heavy atom. The Morgan fingerprint density at radius 3 is 2.61 bits per heavy atom. The molecule has 0 radical (unpaired) electrons. The van der Waals surface area contributed by atoms with E-state index in [1.54, 1.807) is 17.9 Å². The third-order valence-corrected chi connectivity index (χ3v) is 6.56. The monoisotopic (exact) mass is 453 g/mol. The fourth-order valence-electron chi connectivity index (χ4n) is 4.63. The van der Waals surface area contributed by atoms with E-state index in [2.05, 4.69) is 10.4 Å². The van der Waals surface area contributed by atoms with Gasteiger partial charge in [-0.2, -0.15) is 0 Å². The van der Waals surface area contributed by atoms with Crippen molar-refractivity contribution in [3.05, 3.63) is 40.5 Å². The van der Waals surface area contributed by atoms with Crippen LogP contribution in [-0.2, 0) is 18.3 Å². The molecule has 4 rings (SSSR count). The van der Waals surface area contributed by atoms with Crippen LogP contribution in [0.5, 0.6) is 5.88 Å². The minimum atomic E-state index is -0.193. The van der Waals surface area contributed by atoms with Crippen molar-refractivity contribution >= 4 is 22.8 Å². The number of rotatable bonds is 6. The van der Waals surface area contributed by atoms with Gasteiger partial charge in [0.05, 0.1) is 18.8 Å². The molecule has 1 N–H and O–H groups in total. The van der Waals surface area contributed by atoms with E-state index < -0.39 is 0 Å². The summed E-state index contributed by atoms with van der Waals surface area (Å²) in [6, 6.07) is 1.82. The molecule has 0 spiro atoms. The average molecular weight is 454 g/mol. The summed E-state index contributed by atoms with van der Waals surface area (Å²) in [5, 5.41) is 8.31. The highest BCUT2D eigenvalue weighted by molar-refractivity contribution is 5.93. The number of pyridine rings is 1. The minimum Gasteiger partial charge on any atom is -0.479 e. The summed E-state index contributed by atoms with van der Waals surface area (Å²) < 4.78 is 12.4. The van der Waals surface area contributed by atoms with Crippen molar-refractivity contribution < 1.29 is 18.7 Å². The number of nitrogens with one attached hydrogen (secondary N) is 1. The molecule has 1 aliphatic rings. The Labute approximate surface area is 193 Å². The standard InChI is InChI=1S/C24H31N5O4/c1-14-10-13-33-21(14)23(31)26-17-8-11-29(12-9-17)19(30)7-6-18-15(2)20-22(25-16(18)3)28(4)27-24(20)32-5/h10,13,17H,6-9,11-12H2,1-5H3,(H,26,31). The topological polar surface area (TPSA) is 102 Å². The first-order valence-corrected chi connectivity index (χ1v) is 11.3. The minimum absolute atomic E-state index is 0.0418. The van der Waals surface area contributed by atoms with Crippen LogP contribution in [0, 0.1) is 20.8 Å². The lowest BCUT2D eigenvalue weighted by Gasteiger charge is -2.32. The summed E-state index contributed by atoms with van der Waals surface area (Å²) in [5.41, 5.74) is 4.64. The van der Waals surface area contributed by atoms with Gasteiger partial charge in [0, 0.05) is 43.9 Å². The summed E-state index contributed by atoms with van der Waals surface area (Å²) in [4.78, 5) is 31.9. The van der Waals surface area contributed by atoms with Gasteiger partial charge in [0.15, 0.2) is 11.4 Å². The number of nitrogens with zero attached hydrogens (tertiary/aromatic N) is 4. The molecule has 33 heavy (non-hydrogen) atoms. The van der Waals surface area contributed by atoms with Crippen molar-refractivity contribution in [1.29, 1.82) is 0 Å². The summed E-state index contributed by atoms with van der Waals surface area (Å²) in [5.74, 6) is 0.842. The third kappa shape index (κ3) is 4.44. The number of furan rings is 1. The van der Waals surface area contributed by atoms with E-state index in [-0.39, 0.29) is 17.9 Å². The zero-order valence-electron chi connectivity index (χ0n) is 19.9. The number of carbonyl (C=O) groups excluding carboxylic acids is 2. The number of methoxy groups -OCH3 is 1. The zero-order valence-corrected chi connectivity index (χ0v) is 19.9. The number of likely N-dealkylation sites (tertiary alicyclic amines) is 1. The van der Waals surface area contributed by atoms with Crippen LogP contribution < -0.4 is 10.1 Å². The van der Waals surface area contributed by atoms with Gasteiger partial charge in [-0.1, -0.05) is 0 Å². The normalized spacial score (nSPS) is 14.6. The fraction of sp³-hybridized carbons (Fsp3) is 0.500. The highest BCUT2D eigenvalue weighted by atomic mass is 16.5. The van der Waals surface area contributed by atoms with Gasteiger partial charge in [-0.05, 0) is 57.2 Å². The predicted molar refractivity (Wildman–Crippen MR) is 123 cm³/mol. The van der Waals surface area contributed by atoms with Crippen LogP contribution in [0.3, 0.4) is 0 Å². The molecule has 4 heterocycles. The second-order valence-electron chi connectivity index (χ2n) is 8.69. The van der Waals surface area contributed by atoms with Crippen LogP contribution in [0.2, 0.25) is 0 Å². The lowest BCUT2D eigenvalue weighted by atomic mass is 9.99. The van der Waals surface area contributed by atoms with Crippen LogP contribution in [0.15, 0.2) is 16.7 Å². The second kappa shape index (κ2) is 9.25. The van der Waals surface area contributed by atoms with E-state index in [0.717, 1.165) is 46.3 Å². The van der Waals surface area contributed by atoms with Crippen molar-refractivity contribution in [3.63, 3.8) is 0 Å². The SMILES string of the molecule is COc1nn(C)c2nc(C)c(CCC(=O)N3CCC(NC(=O)c4occc4C)CC3)c(C)c12. The van der Waals surface area contributed by atoms with Gasteiger partial charge in [0.1, 0.15) is 0 Å². The maximum absolute atomic E-state index is 12.9. The van der Waals surface area contributed by atoms with Gasteiger partial charge < -0.3 is 19.4 Å². The highest BCUT2D eigenvalue weighted by Gasteiger charge is 2.26. The molecule has 9 heteroatoms. The average Bonchev–Trinajstić information content (AvgIpc) is 3.36. The molecule has 9 nitrogen and oxygen atoms in total. The summed E-state index contributed by atoms with van der Waals surface area (Å²) in [6.07, 6.45) is 4.02. The van der Waals surface area contributed by atoms with E-state index in [9.17, 15) is 9.59 Å². The molecule has 0 aliphatic carbocycles. The summed E-state index contributed by atoms with van der Waals surface area (Å²) in [6.45, 7) is 7.12. The first-order valence-electron chi connectivity index (χ1n) is 11.3. The number of hydrogen-bond donors (Lipinski definition) is 1. The Bertz CT molecular complexity index is 1190. The molecule has 2 amide bonds. The van der Waals surface area contributed by atoms with Crippen molar-refractivity contribution in [2.45, 2.75) is 52.5 Å². The van der Waals surface area contributed by atoms with Gasteiger partial charge in [-0.15, -0.1) is 5.10 Å². The second-order valence-corrected chi connectivity index (χ2v) is 8.69. The van der Waals surface area contributed by atoms with Gasteiger partial charge in [0.2, 0.25) is 11.8 Å². The fourth-order valence-corrected chi connectivity index (χ4v) is 4.63. The zero-order chi connectivity index (χ0) is 23.7. The smallest absolute Gasteiger partial charge is 0.287 e. The molecule has 3 aromatic heterocycles. The number of aryl methyl sites for hydroxylation is 4. The van der Waals surface area contributed by atoms with Crippen molar-refractivity contribution in [2.75, 3.05) is 20.2 Å². The molecule has 0 bridgehead atoms. The van der Waals surface area contributed by atoms with Crippen LogP contribution in [0.25, 0.3) is 11.0 Å². The van der Waals surface area contributed by atoms with Crippen LogP contribution in [0.1, 0.15) is 52.2 Å². The quantitative estimate of drug-likeness (QED) is 0.616. The van der Waals surface area contributed by atoms with E-state index in [0.29, 0.717) is 37.6 Å². The van der Waals surface area contributed by atoms with Crippen molar-refractivity contribution in [2.24, 2.45) is 7.05 Å². The number of fused-ring (bicyclic) bond motifs is 1. The van der Waals surface area contributed by atoms with Crippen LogP contribution >= 0.6 is 0 Å². The number of piperidine rings is 1. The maximum atomic E-state index is 12.9. The Morgan fingerprint density at radius 2 is 1.97 bits per heavy atom.